The third-order valence-corrected chi connectivity index (χ3v) is 16.8. The number of aliphatic carboxylic acids is 2. The number of rotatable bonds is 18. The number of aliphatic hydroxyl groups excluding tert-OH is 2. The molecule has 0 aromatic heterocycles. The van der Waals surface area contributed by atoms with Gasteiger partial charge in [0.1, 0.15) is 0 Å². The molecule has 13 heteroatoms. The first-order valence-electron chi connectivity index (χ1n) is 19.9. The lowest BCUT2D eigenvalue weighted by Gasteiger charge is -2.62. The Morgan fingerprint density at radius 2 is 1.57 bits per heavy atom. The van der Waals surface area contributed by atoms with Gasteiger partial charge in [0.25, 0.3) is 0 Å². The minimum absolute atomic E-state index is 0.0825. The summed E-state index contributed by atoms with van der Waals surface area (Å²) in [7, 11) is -3.74. The van der Waals surface area contributed by atoms with Gasteiger partial charge in [-0.15, -0.1) is 0 Å². The van der Waals surface area contributed by atoms with Gasteiger partial charge in [-0.2, -0.15) is 0 Å². The Morgan fingerprint density at radius 3 is 2.26 bits per heavy atom. The third-order valence-electron chi connectivity index (χ3n) is 14.3. The van der Waals surface area contributed by atoms with Crippen LogP contribution in [0.25, 0.3) is 0 Å². The number of carbonyl (C=O) groups excluding carboxylic acids is 2. The molecule has 0 spiro atoms. The summed E-state index contributed by atoms with van der Waals surface area (Å²) < 4.78 is 29.9. The van der Waals surface area contributed by atoms with E-state index in [4.69, 9.17) is 19.1 Å². The predicted octanol–water partition coefficient (Wildman–Crippen LogP) is 6.89. The van der Waals surface area contributed by atoms with Crippen molar-refractivity contribution < 1.29 is 58.2 Å². The average Bonchev–Trinajstić information content (AvgIpc) is 3.50. The maximum Gasteiger partial charge on any atom is 0.309 e. The molecule has 6 unspecified atom stereocenters. The van der Waals surface area contributed by atoms with Gasteiger partial charge in [0.15, 0.2) is 0 Å². The van der Waals surface area contributed by atoms with E-state index in [-0.39, 0.29) is 60.8 Å². The number of carboxylic acids is 2. The summed E-state index contributed by atoms with van der Waals surface area (Å²) in [6, 6.07) is 8.84. The molecule has 4 aliphatic rings. The number of carbonyl (C=O) groups is 4. The van der Waals surface area contributed by atoms with Gasteiger partial charge in [-0.05, 0) is 116 Å². The lowest BCUT2D eigenvalue weighted by atomic mass is 9.43. The van der Waals surface area contributed by atoms with Gasteiger partial charge in [0.05, 0.1) is 31.2 Å². The number of carboxylic acid groups (broad SMARTS) is 2. The van der Waals surface area contributed by atoms with Crippen LogP contribution < -0.4 is 0 Å². The maximum atomic E-state index is 13.8. The molecule has 0 radical (unpaired) electrons. The van der Waals surface area contributed by atoms with Crippen molar-refractivity contribution in [2.24, 2.45) is 52.3 Å². The van der Waals surface area contributed by atoms with Gasteiger partial charge in [0.2, 0.25) is 14.2 Å². The number of hydrogen-bond acceptors (Lipinski definition) is 10. The summed E-state index contributed by atoms with van der Waals surface area (Å²) in [5.41, 5.74) is 0.647. The van der Waals surface area contributed by atoms with E-state index >= 15 is 0 Å². The molecule has 1 aromatic rings. The molecule has 0 heterocycles. The Bertz CT molecular complexity index is 1520. The Morgan fingerprint density at radius 1 is 0.870 bits per heavy atom. The van der Waals surface area contributed by atoms with E-state index in [1.54, 1.807) is 30.3 Å². The standard InChI is InChI=1S/C41H61O12P/c1-26(32-13-14-33-31-12-11-29-21-30(42)17-19-40(29,2)34(31)22-35(43)41(32,33)3)9-16-37(46)51-25-52-38(47)18-20-54(50,53-23-27-7-5-4-6-8-27)24-28(39(48)49)10-15-36(44)45/h4-8,26,28-35,42-43H,9-25H2,1-3H3,(H,44,45)(H,48,49)/t26-,28?,29?,30-,31?,32-,33?,34?,35+,40+,41-,54?/m1/s1. The molecule has 0 saturated heterocycles. The molecule has 4 aliphatic carbocycles. The fourth-order valence-corrected chi connectivity index (χ4v) is 13.5. The zero-order chi connectivity index (χ0) is 39.3. The molecule has 54 heavy (non-hydrogen) atoms. The molecule has 0 aliphatic heterocycles. The van der Waals surface area contributed by atoms with Crippen LogP contribution in [0.4, 0.5) is 0 Å². The highest BCUT2D eigenvalue weighted by atomic mass is 31.2. The van der Waals surface area contributed by atoms with E-state index in [9.17, 15) is 39.1 Å². The molecule has 5 rings (SSSR count). The van der Waals surface area contributed by atoms with E-state index in [1.165, 1.54) is 0 Å². The number of aliphatic hydroxyl groups is 2. The van der Waals surface area contributed by atoms with Crippen molar-refractivity contribution in [1.82, 2.24) is 0 Å². The van der Waals surface area contributed by atoms with Crippen LogP contribution in [-0.4, -0.2) is 75.6 Å². The highest BCUT2D eigenvalue weighted by Gasteiger charge is 2.63. The van der Waals surface area contributed by atoms with Crippen molar-refractivity contribution in [3.63, 3.8) is 0 Å². The van der Waals surface area contributed by atoms with Crippen molar-refractivity contribution >= 4 is 31.2 Å². The fraction of sp³-hybridized carbons (Fsp3) is 0.756. The average molecular weight is 777 g/mol. The van der Waals surface area contributed by atoms with Crippen LogP contribution in [0.5, 0.6) is 0 Å². The van der Waals surface area contributed by atoms with E-state index in [2.05, 4.69) is 20.8 Å². The van der Waals surface area contributed by atoms with E-state index in [0.29, 0.717) is 35.7 Å². The van der Waals surface area contributed by atoms with Gasteiger partial charge < -0.3 is 34.4 Å². The minimum atomic E-state index is -3.74. The van der Waals surface area contributed by atoms with E-state index < -0.39 is 62.6 Å². The van der Waals surface area contributed by atoms with Crippen LogP contribution in [0.1, 0.15) is 110 Å². The van der Waals surface area contributed by atoms with Crippen LogP contribution in [0.2, 0.25) is 0 Å². The second-order valence-electron chi connectivity index (χ2n) is 17.3. The first-order chi connectivity index (χ1) is 25.6. The Hall–Kier alpha value is -2.79. The number of esters is 2. The summed E-state index contributed by atoms with van der Waals surface area (Å²) in [6.07, 6.45) is 6.27. The predicted molar refractivity (Wildman–Crippen MR) is 199 cm³/mol. The van der Waals surface area contributed by atoms with E-state index in [1.807, 2.05) is 0 Å². The second kappa shape index (κ2) is 18.0. The summed E-state index contributed by atoms with van der Waals surface area (Å²) >= 11 is 0. The van der Waals surface area contributed by atoms with Crippen molar-refractivity contribution in [2.75, 3.05) is 19.1 Å². The molecule has 0 bridgehead atoms. The molecule has 4 N–H and O–H groups in total. The van der Waals surface area contributed by atoms with Gasteiger partial charge in [-0.3, -0.25) is 23.7 Å². The Balaban J connectivity index is 1.08. The van der Waals surface area contributed by atoms with Crippen LogP contribution in [0.15, 0.2) is 30.3 Å². The molecule has 4 saturated carbocycles. The van der Waals surface area contributed by atoms with Gasteiger partial charge >= 0.3 is 23.9 Å². The molecular weight excluding hydrogens is 715 g/mol. The molecule has 12 atom stereocenters. The molecule has 12 nitrogen and oxygen atoms in total. The summed E-state index contributed by atoms with van der Waals surface area (Å²) in [5.74, 6) is -2.56. The van der Waals surface area contributed by atoms with Crippen molar-refractivity contribution in [3.8, 4) is 0 Å². The van der Waals surface area contributed by atoms with Crippen molar-refractivity contribution in [3.05, 3.63) is 35.9 Å². The second-order valence-corrected chi connectivity index (χ2v) is 19.9. The number of ether oxygens (including phenoxy) is 2. The summed E-state index contributed by atoms with van der Waals surface area (Å²) in [6.45, 7) is 6.14. The lowest BCUT2D eigenvalue weighted by molar-refractivity contribution is -0.175. The number of hydrogen-bond donors (Lipinski definition) is 4. The first-order valence-corrected chi connectivity index (χ1v) is 21.9. The number of benzene rings is 1. The number of fused-ring (bicyclic) bond motifs is 5. The smallest absolute Gasteiger partial charge is 0.309 e. The SMILES string of the molecule is C[C@H](CCC(=O)OCOC(=O)CCP(=O)(CC(CCC(=O)O)C(=O)O)OCc1ccccc1)[C@H]1CCC2C3CCC4C[C@H](O)CC[C@]4(C)C3C[C@H](O)[C@@]21C. The zero-order valence-electron chi connectivity index (χ0n) is 32.1. The van der Waals surface area contributed by atoms with E-state index in [0.717, 1.165) is 51.4 Å². The van der Waals surface area contributed by atoms with Gasteiger partial charge in [-0.25, -0.2) is 0 Å². The molecular formula is C41H61O12P. The van der Waals surface area contributed by atoms with Gasteiger partial charge in [-0.1, -0.05) is 51.1 Å². The minimum Gasteiger partial charge on any atom is -0.481 e. The summed E-state index contributed by atoms with van der Waals surface area (Å²) in [4.78, 5) is 48.3. The van der Waals surface area contributed by atoms with Crippen molar-refractivity contribution in [1.29, 1.82) is 0 Å². The largest absolute Gasteiger partial charge is 0.481 e. The molecule has 0 amide bonds. The van der Waals surface area contributed by atoms with Crippen LogP contribution >= 0.6 is 7.37 Å². The summed E-state index contributed by atoms with van der Waals surface area (Å²) in [5, 5.41) is 40.9. The highest BCUT2D eigenvalue weighted by Crippen LogP contribution is 2.68. The third kappa shape index (κ3) is 9.77. The zero-order valence-corrected chi connectivity index (χ0v) is 33.0. The molecule has 4 fully saturated rings. The monoisotopic (exact) mass is 776 g/mol. The first kappa shape index (κ1) is 42.4. The molecule has 302 valence electrons. The topological polar surface area (TPSA) is 194 Å². The fourth-order valence-electron chi connectivity index (χ4n) is 11.2. The normalized spacial score (nSPS) is 33.9. The molecule has 1 aromatic carbocycles. The van der Waals surface area contributed by atoms with Crippen LogP contribution in [0, 0.1) is 52.3 Å². The van der Waals surface area contributed by atoms with Gasteiger partial charge in [0, 0.05) is 25.2 Å². The lowest BCUT2D eigenvalue weighted by Crippen LogP contribution is -2.58. The van der Waals surface area contributed by atoms with Crippen molar-refractivity contribution in [2.45, 2.75) is 123 Å². The van der Waals surface area contributed by atoms with Crippen LogP contribution in [0.3, 0.4) is 0 Å². The Labute approximate surface area is 319 Å². The highest BCUT2D eigenvalue weighted by molar-refractivity contribution is 7.59. The Kier molecular flexibility index (Phi) is 14.1. The van der Waals surface area contributed by atoms with Crippen LogP contribution in [-0.2, 0) is 44.3 Å². The maximum absolute atomic E-state index is 13.8. The quantitative estimate of drug-likeness (QED) is 0.0687.